The Bertz CT molecular complexity index is 789. The van der Waals surface area contributed by atoms with Crippen LogP contribution in [0.5, 0.6) is 0 Å². The normalized spacial score (nSPS) is 17.8. The van der Waals surface area contributed by atoms with Gasteiger partial charge in [-0.3, -0.25) is 4.79 Å². The van der Waals surface area contributed by atoms with E-state index >= 15 is 0 Å². The van der Waals surface area contributed by atoms with Crippen molar-refractivity contribution in [2.75, 3.05) is 19.8 Å². The van der Waals surface area contributed by atoms with E-state index in [-0.39, 0.29) is 19.1 Å². The molecule has 0 unspecified atom stereocenters. The standard InChI is InChI=1S/C16H16ClN3O4/c1-10-11(8-18-20(10)13-5-3-2-4-12(13)17)15(21)19-6-7-24-9-14(19)16(22)23/h2-5,8,14H,6-7,9H2,1H3,(H,22,23)/t14-/m0/s1. The molecule has 2 heterocycles. The molecule has 126 valence electrons. The van der Waals surface area contributed by atoms with Gasteiger partial charge >= 0.3 is 5.97 Å². The number of halogens is 1. The number of hydrogen-bond donors (Lipinski definition) is 1. The number of morpholine rings is 1. The fraction of sp³-hybridized carbons (Fsp3) is 0.312. The summed E-state index contributed by atoms with van der Waals surface area (Å²) in [7, 11) is 0. The third kappa shape index (κ3) is 2.88. The molecule has 8 heteroatoms. The Labute approximate surface area is 143 Å². The monoisotopic (exact) mass is 349 g/mol. The summed E-state index contributed by atoms with van der Waals surface area (Å²) in [5, 5.41) is 14.0. The maximum atomic E-state index is 12.8. The van der Waals surface area contributed by atoms with E-state index in [1.807, 2.05) is 12.1 Å². The van der Waals surface area contributed by atoms with Gasteiger partial charge in [0.1, 0.15) is 0 Å². The number of carbonyl (C=O) groups excluding carboxylic acids is 1. The Morgan fingerprint density at radius 1 is 1.38 bits per heavy atom. The first kappa shape index (κ1) is 16.5. The molecule has 1 amide bonds. The molecule has 7 nitrogen and oxygen atoms in total. The van der Waals surface area contributed by atoms with Crippen molar-refractivity contribution >= 4 is 23.5 Å². The van der Waals surface area contributed by atoms with Crippen LogP contribution in [0.4, 0.5) is 0 Å². The van der Waals surface area contributed by atoms with Gasteiger partial charge in [-0.15, -0.1) is 0 Å². The number of carboxylic acids is 1. The quantitative estimate of drug-likeness (QED) is 0.912. The lowest BCUT2D eigenvalue weighted by Gasteiger charge is -2.32. The van der Waals surface area contributed by atoms with Crippen molar-refractivity contribution in [3.05, 3.63) is 46.7 Å². The van der Waals surface area contributed by atoms with Crippen molar-refractivity contribution in [2.45, 2.75) is 13.0 Å². The van der Waals surface area contributed by atoms with Crippen molar-refractivity contribution in [1.29, 1.82) is 0 Å². The van der Waals surface area contributed by atoms with Crippen LogP contribution in [0, 0.1) is 6.92 Å². The van der Waals surface area contributed by atoms with E-state index in [4.69, 9.17) is 16.3 Å². The van der Waals surface area contributed by atoms with Crippen LogP contribution < -0.4 is 0 Å². The van der Waals surface area contributed by atoms with Crippen molar-refractivity contribution in [2.24, 2.45) is 0 Å². The summed E-state index contributed by atoms with van der Waals surface area (Å²) in [5.41, 5.74) is 1.61. The Hall–Kier alpha value is -2.38. The van der Waals surface area contributed by atoms with Crippen molar-refractivity contribution < 1.29 is 19.4 Å². The number of aromatic nitrogens is 2. The number of amides is 1. The highest BCUT2D eigenvalue weighted by Gasteiger charge is 2.34. The number of hydrogen-bond acceptors (Lipinski definition) is 4. The van der Waals surface area contributed by atoms with Crippen LogP contribution in [0.2, 0.25) is 5.02 Å². The molecule has 1 fully saturated rings. The SMILES string of the molecule is Cc1c(C(=O)N2CCOC[C@H]2C(=O)O)cnn1-c1ccccc1Cl. The second-order valence-corrected chi connectivity index (χ2v) is 5.84. The molecular weight excluding hydrogens is 334 g/mol. The zero-order valence-corrected chi connectivity index (χ0v) is 13.7. The predicted molar refractivity (Wildman–Crippen MR) is 86.6 cm³/mol. The second kappa shape index (κ2) is 6.62. The number of rotatable bonds is 3. The molecule has 1 aliphatic rings. The van der Waals surface area contributed by atoms with E-state index in [0.717, 1.165) is 0 Å². The smallest absolute Gasteiger partial charge is 0.328 e. The Morgan fingerprint density at radius 3 is 2.83 bits per heavy atom. The van der Waals surface area contributed by atoms with E-state index in [9.17, 15) is 14.7 Å². The fourth-order valence-electron chi connectivity index (χ4n) is 2.69. The van der Waals surface area contributed by atoms with E-state index in [0.29, 0.717) is 28.6 Å². The van der Waals surface area contributed by atoms with Gasteiger partial charge in [0.05, 0.1) is 41.4 Å². The molecule has 1 saturated heterocycles. The van der Waals surface area contributed by atoms with Gasteiger partial charge in [0.15, 0.2) is 6.04 Å². The minimum absolute atomic E-state index is 0.0151. The van der Waals surface area contributed by atoms with Gasteiger partial charge in [-0.2, -0.15) is 5.10 Å². The highest BCUT2D eigenvalue weighted by molar-refractivity contribution is 6.32. The molecule has 1 atom stereocenters. The van der Waals surface area contributed by atoms with Gasteiger partial charge in [0.25, 0.3) is 5.91 Å². The summed E-state index contributed by atoms with van der Waals surface area (Å²) in [6.45, 7) is 2.28. The zero-order valence-electron chi connectivity index (χ0n) is 13.0. The lowest BCUT2D eigenvalue weighted by molar-refractivity contribution is -0.147. The largest absolute Gasteiger partial charge is 0.480 e. The first-order chi connectivity index (χ1) is 11.5. The molecule has 0 radical (unpaired) electrons. The lowest BCUT2D eigenvalue weighted by atomic mass is 10.1. The van der Waals surface area contributed by atoms with Crippen LogP contribution in [-0.4, -0.2) is 57.5 Å². The maximum absolute atomic E-state index is 12.8. The van der Waals surface area contributed by atoms with E-state index in [1.165, 1.54) is 11.1 Å². The number of para-hydroxylation sites is 1. The van der Waals surface area contributed by atoms with Crippen molar-refractivity contribution in [3.63, 3.8) is 0 Å². The molecule has 1 aromatic heterocycles. The van der Waals surface area contributed by atoms with E-state index in [2.05, 4.69) is 5.10 Å². The van der Waals surface area contributed by atoms with Crippen molar-refractivity contribution in [1.82, 2.24) is 14.7 Å². The molecule has 1 aliphatic heterocycles. The number of nitrogens with zero attached hydrogens (tertiary/aromatic N) is 3. The van der Waals surface area contributed by atoms with Crippen LogP contribution in [0.1, 0.15) is 16.1 Å². The van der Waals surface area contributed by atoms with E-state index < -0.39 is 12.0 Å². The van der Waals surface area contributed by atoms with Gasteiger partial charge in [-0.05, 0) is 19.1 Å². The van der Waals surface area contributed by atoms with Crippen LogP contribution in [0.15, 0.2) is 30.5 Å². The first-order valence-electron chi connectivity index (χ1n) is 7.41. The summed E-state index contributed by atoms with van der Waals surface area (Å²) < 4.78 is 6.74. The van der Waals surface area contributed by atoms with Gasteiger partial charge in [-0.1, -0.05) is 23.7 Å². The molecule has 0 bridgehead atoms. The average Bonchev–Trinajstić information content (AvgIpc) is 2.96. The van der Waals surface area contributed by atoms with Gasteiger partial charge in [0, 0.05) is 6.54 Å². The third-order valence-corrected chi connectivity index (χ3v) is 4.31. The molecule has 0 spiro atoms. The highest BCUT2D eigenvalue weighted by Crippen LogP contribution is 2.23. The first-order valence-corrected chi connectivity index (χ1v) is 7.79. The number of carboxylic acid groups (broad SMARTS) is 1. The Morgan fingerprint density at radius 2 is 2.12 bits per heavy atom. The number of carbonyl (C=O) groups is 2. The van der Waals surface area contributed by atoms with Gasteiger partial charge in [0.2, 0.25) is 0 Å². The van der Waals surface area contributed by atoms with Crippen LogP contribution in [-0.2, 0) is 9.53 Å². The lowest BCUT2D eigenvalue weighted by Crippen LogP contribution is -2.52. The molecule has 1 N–H and O–H groups in total. The summed E-state index contributed by atoms with van der Waals surface area (Å²) >= 11 is 6.18. The Balaban J connectivity index is 1.94. The van der Waals surface area contributed by atoms with Crippen LogP contribution in [0.25, 0.3) is 5.69 Å². The summed E-state index contributed by atoms with van der Waals surface area (Å²) in [5.74, 6) is -1.46. The molecule has 0 aliphatic carbocycles. The molecule has 24 heavy (non-hydrogen) atoms. The second-order valence-electron chi connectivity index (χ2n) is 5.43. The van der Waals surface area contributed by atoms with Crippen LogP contribution in [0.3, 0.4) is 0 Å². The number of ether oxygens (including phenoxy) is 1. The highest BCUT2D eigenvalue weighted by atomic mass is 35.5. The minimum atomic E-state index is -1.08. The van der Waals surface area contributed by atoms with Gasteiger partial charge < -0.3 is 14.7 Å². The van der Waals surface area contributed by atoms with Crippen molar-refractivity contribution in [3.8, 4) is 5.69 Å². The van der Waals surface area contributed by atoms with Crippen LogP contribution >= 0.6 is 11.6 Å². The molecule has 1 aromatic carbocycles. The number of aliphatic carboxylic acids is 1. The minimum Gasteiger partial charge on any atom is -0.480 e. The molecule has 3 rings (SSSR count). The summed E-state index contributed by atoms with van der Waals surface area (Å²) in [6.07, 6.45) is 1.44. The van der Waals surface area contributed by atoms with E-state index in [1.54, 1.807) is 23.7 Å². The number of benzene rings is 1. The molecule has 0 saturated carbocycles. The predicted octanol–water partition coefficient (Wildman–Crippen LogP) is 1.76. The van der Waals surface area contributed by atoms with Gasteiger partial charge in [-0.25, -0.2) is 9.48 Å². The topological polar surface area (TPSA) is 84.7 Å². The fourth-order valence-corrected chi connectivity index (χ4v) is 2.91. The molecular formula is C16H16ClN3O4. The zero-order chi connectivity index (χ0) is 17.3. The average molecular weight is 350 g/mol. The molecule has 2 aromatic rings. The summed E-state index contributed by atoms with van der Waals surface area (Å²) in [4.78, 5) is 25.4. The summed E-state index contributed by atoms with van der Waals surface area (Å²) in [6, 6.07) is 6.18. The Kier molecular flexibility index (Phi) is 4.55. The maximum Gasteiger partial charge on any atom is 0.328 e. The third-order valence-electron chi connectivity index (χ3n) is 4.00.